The minimum Gasteiger partial charge on any atom is -0.369 e. The Bertz CT molecular complexity index is 1030. The number of hydrogen-bond acceptors (Lipinski definition) is 5. The highest BCUT2D eigenvalue weighted by atomic mass is 19.4. The van der Waals surface area contributed by atoms with Crippen molar-refractivity contribution in [3.05, 3.63) is 38.7 Å². The largest absolute Gasteiger partial charge is 0.411 e. The number of halogens is 3. The number of aromatic nitrogens is 3. The van der Waals surface area contributed by atoms with Crippen LogP contribution >= 0.6 is 0 Å². The molecule has 1 aliphatic carbocycles. The predicted molar refractivity (Wildman–Crippen MR) is 102 cm³/mol. The summed E-state index contributed by atoms with van der Waals surface area (Å²) in [7, 11) is 0. The van der Waals surface area contributed by atoms with Gasteiger partial charge in [-0.25, -0.2) is 9.78 Å². The van der Waals surface area contributed by atoms with E-state index < -0.39 is 36.0 Å². The number of H-pyrrole nitrogens is 1. The second-order valence-electron chi connectivity index (χ2n) is 7.39. The van der Waals surface area contributed by atoms with E-state index in [0.29, 0.717) is 32.2 Å². The van der Waals surface area contributed by atoms with Gasteiger partial charge in [-0.05, 0) is 38.2 Å². The summed E-state index contributed by atoms with van der Waals surface area (Å²) < 4.78 is 43.3. The molecule has 11 heteroatoms. The first kappa shape index (κ1) is 22.0. The van der Waals surface area contributed by atoms with E-state index in [-0.39, 0.29) is 29.1 Å². The standard InChI is InChI=1S/C19H23F3N4O4/c1-2-6-26-15-14(17(28)25-18(26)29)7-11(9-23-15)16(27)24-12-4-3-5-13(8-12)30-10-19(20,21)22/h7,9,12-13H,2-6,8,10H2,1H3,(H,24,27)(H,25,28,29)/t12-,13+/m1/s1. The summed E-state index contributed by atoms with van der Waals surface area (Å²) in [6, 6.07) is 1.02. The average Bonchev–Trinajstić information content (AvgIpc) is 2.69. The monoisotopic (exact) mass is 428 g/mol. The van der Waals surface area contributed by atoms with Crippen LogP contribution < -0.4 is 16.6 Å². The Morgan fingerprint density at radius 3 is 2.83 bits per heavy atom. The lowest BCUT2D eigenvalue weighted by Gasteiger charge is -2.30. The molecule has 1 fully saturated rings. The number of rotatable bonds is 6. The second-order valence-corrected chi connectivity index (χ2v) is 7.39. The van der Waals surface area contributed by atoms with Crippen molar-refractivity contribution in [2.75, 3.05) is 6.61 Å². The van der Waals surface area contributed by atoms with Crippen molar-refractivity contribution in [3.63, 3.8) is 0 Å². The number of aromatic amines is 1. The fourth-order valence-electron chi connectivity index (χ4n) is 3.63. The van der Waals surface area contributed by atoms with Gasteiger partial charge in [0.2, 0.25) is 0 Å². The van der Waals surface area contributed by atoms with Gasteiger partial charge in [-0.2, -0.15) is 13.2 Å². The summed E-state index contributed by atoms with van der Waals surface area (Å²) >= 11 is 0. The molecule has 2 aromatic rings. The fraction of sp³-hybridized carbons (Fsp3) is 0.579. The third-order valence-electron chi connectivity index (χ3n) is 4.99. The zero-order valence-electron chi connectivity index (χ0n) is 16.4. The predicted octanol–water partition coefficient (Wildman–Crippen LogP) is 2.11. The SMILES string of the molecule is CCCn1c(=O)[nH]c(=O)c2cc(C(=O)N[C@@H]3CCC[C@H](OCC(F)(F)F)C3)cnc21. The summed E-state index contributed by atoms with van der Waals surface area (Å²) in [5.41, 5.74) is -0.873. The van der Waals surface area contributed by atoms with Crippen molar-refractivity contribution in [3.8, 4) is 0 Å². The second kappa shape index (κ2) is 8.99. The van der Waals surface area contributed by atoms with Gasteiger partial charge in [-0.15, -0.1) is 0 Å². The Kier molecular flexibility index (Phi) is 6.59. The van der Waals surface area contributed by atoms with Gasteiger partial charge >= 0.3 is 11.9 Å². The maximum absolute atomic E-state index is 12.6. The van der Waals surface area contributed by atoms with E-state index in [1.54, 1.807) is 0 Å². The number of nitrogens with one attached hydrogen (secondary N) is 2. The van der Waals surface area contributed by atoms with Gasteiger partial charge in [0.25, 0.3) is 11.5 Å². The van der Waals surface area contributed by atoms with E-state index >= 15 is 0 Å². The molecule has 8 nitrogen and oxygen atoms in total. The van der Waals surface area contributed by atoms with Gasteiger partial charge in [0, 0.05) is 18.8 Å². The number of nitrogens with zero attached hydrogens (tertiary/aromatic N) is 2. The van der Waals surface area contributed by atoms with Gasteiger partial charge < -0.3 is 10.1 Å². The van der Waals surface area contributed by atoms with E-state index in [4.69, 9.17) is 4.74 Å². The third kappa shape index (κ3) is 5.26. The molecule has 1 saturated carbocycles. The van der Waals surface area contributed by atoms with Crippen LogP contribution in [0.4, 0.5) is 13.2 Å². The molecule has 0 bridgehead atoms. The van der Waals surface area contributed by atoms with Crippen molar-refractivity contribution in [1.82, 2.24) is 19.9 Å². The molecule has 0 radical (unpaired) electrons. The molecule has 2 aromatic heterocycles. The van der Waals surface area contributed by atoms with E-state index in [9.17, 15) is 27.6 Å². The molecular formula is C19H23F3N4O4. The van der Waals surface area contributed by atoms with Crippen LogP contribution in [0.5, 0.6) is 0 Å². The lowest BCUT2D eigenvalue weighted by molar-refractivity contribution is -0.188. The maximum atomic E-state index is 12.6. The molecule has 0 unspecified atom stereocenters. The average molecular weight is 428 g/mol. The Hall–Kier alpha value is -2.69. The Labute approximate surface area is 169 Å². The molecule has 2 atom stereocenters. The minimum atomic E-state index is -4.39. The molecular weight excluding hydrogens is 405 g/mol. The van der Waals surface area contributed by atoms with Gasteiger partial charge in [0.15, 0.2) is 0 Å². The lowest BCUT2D eigenvalue weighted by atomic mass is 9.92. The Balaban J connectivity index is 1.74. The van der Waals surface area contributed by atoms with E-state index in [0.717, 1.165) is 0 Å². The summed E-state index contributed by atoms with van der Waals surface area (Å²) in [5, 5.41) is 2.89. The molecule has 2 heterocycles. The molecule has 0 aromatic carbocycles. The van der Waals surface area contributed by atoms with Crippen LogP contribution in [0.2, 0.25) is 0 Å². The van der Waals surface area contributed by atoms with Crippen molar-refractivity contribution >= 4 is 16.9 Å². The zero-order valence-corrected chi connectivity index (χ0v) is 16.4. The van der Waals surface area contributed by atoms with Crippen molar-refractivity contribution in [2.45, 2.75) is 63.9 Å². The number of alkyl halides is 3. The highest BCUT2D eigenvalue weighted by Crippen LogP contribution is 2.24. The molecule has 0 aliphatic heterocycles. The number of hydrogen-bond donors (Lipinski definition) is 2. The van der Waals surface area contributed by atoms with Crippen molar-refractivity contribution in [2.24, 2.45) is 0 Å². The molecule has 164 valence electrons. The highest BCUT2D eigenvalue weighted by Gasteiger charge is 2.31. The van der Waals surface area contributed by atoms with Crippen molar-refractivity contribution < 1.29 is 22.7 Å². The van der Waals surface area contributed by atoms with Crippen LogP contribution in [0.15, 0.2) is 21.9 Å². The number of pyridine rings is 1. The van der Waals surface area contributed by atoms with Crippen LogP contribution in [0, 0.1) is 0 Å². The van der Waals surface area contributed by atoms with Gasteiger partial charge in [0.05, 0.1) is 17.1 Å². The first-order valence-electron chi connectivity index (χ1n) is 9.80. The molecule has 0 spiro atoms. The summed E-state index contributed by atoms with van der Waals surface area (Å²) in [4.78, 5) is 43.1. The number of aryl methyl sites for hydroxylation is 1. The maximum Gasteiger partial charge on any atom is 0.411 e. The molecule has 30 heavy (non-hydrogen) atoms. The number of ether oxygens (including phenoxy) is 1. The van der Waals surface area contributed by atoms with E-state index in [2.05, 4.69) is 15.3 Å². The Morgan fingerprint density at radius 1 is 1.37 bits per heavy atom. The Morgan fingerprint density at radius 2 is 2.13 bits per heavy atom. The number of amides is 1. The normalized spacial score (nSPS) is 19.7. The molecule has 0 saturated heterocycles. The quantitative estimate of drug-likeness (QED) is 0.733. The zero-order chi connectivity index (χ0) is 21.9. The molecule has 1 amide bonds. The number of fused-ring (bicyclic) bond motifs is 1. The van der Waals surface area contributed by atoms with E-state index in [1.807, 2.05) is 6.92 Å². The minimum absolute atomic E-state index is 0.116. The van der Waals surface area contributed by atoms with Crippen LogP contribution in [0.3, 0.4) is 0 Å². The highest BCUT2D eigenvalue weighted by molar-refractivity contribution is 5.96. The lowest BCUT2D eigenvalue weighted by Crippen LogP contribution is -2.41. The van der Waals surface area contributed by atoms with Crippen LogP contribution in [-0.4, -0.2) is 45.4 Å². The first-order chi connectivity index (χ1) is 14.2. The van der Waals surface area contributed by atoms with Crippen molar-refractivity contribution in [1.29, 1.82) is 0 Å². The van der Waals surface area contributed by atoms with Crippen LogP contribution in [-0.2, 0) is 11.3 Å². The number of carbonyl (C=O) groups is 1. The number of carbonyl (C=O) groups excluding carboxylic acids is 1. The van der Waals surface area contributed by atoms with Crippen LogP contribution in [0.1, 0.15) is 49.4 Å². The summed E-state index contributed by atoms with van der Waals surface area (Å²) in [6.45, 7) is 0.933. The van der Waals surface area contributed by atoms with Gasteiger partial charge in [0.1, 0.15) is 12.3 Å². The van der Waals surface area contributed by atoms with Crippen LogP contribution in [0.25, 0.3) is 11.0 Å². The summed E-state index contributed by atoms with van der Waals surface area (Å²) in [6.07, 6.45) is -0.996. The fourth-order valence-corrected chi connectivity index (χ4v) is 3.63. The topological polar surface area (TPSA) is 106 Å². The smallest absolute Gasteiger partial charge is 0.369 e. The third-order valence-corrected chi connectivity index (χ3v) is 4.99. The summed E-state index contributed by atoms with van der Waals surface area (Å²) in [5.74, 6) is -0.487. The first-order valence-corrected chi connectivity index (χ1v) is 9.80. The molecule has 2 N–H and O–H groups in total. The molecule has 1 aliphatic rings. The van der Waals surface area contributed by atoms with Gasteiger partial charge in [-0.3, -0.25) is 19.1 Å². The molecule has 3 rings (SSSR count). The van der Waals surface area contributed by atoms with Gasteiger partial charge in [-0.1, -0.05) is 6.92 Å². The van der Waals surface area contributed by atoms with E-state index in [1.165, 1.54) is 16.8 Å².